The van der Waals surface area contributed by atoms with Crippen LogP contribution in [0.15, 0.2) is 10.9 Å². The fraction of sp³-hybridized carbons (Fsp3) is 0.455. The number of nitrogens with two attached hydrogens (primary N) is 1. The summed E-state index contributed by atoms with van der Waals surface area (Å²) in [4.78, 5) is 21.6. The van der Waals surface area contributed by atoms with Gasteiger partial charge in [0.2, 0.25) is 15.9 Å². The van der Waals surface area contributed by atoms with Gasteiger partial charge in [-0.1, -0.05) is 5.16 Å². The van der Waals surface area contributed by atoms with E-state index in [1.54, 1.807) is 6.92 Å². The summed E-state index contributed by atoms with van der Waals surface area (Å²) >= 11 is 0. The third kappa shape index (κ3) is 2.59. The Morgan fingerprint density at radius 2 is 2.24 bits per heavy atom. The lowest BCUT2D eigenvalue weighted by atomic mass is 10.1. The molecule has 2 aromatic rings. The maximum atomic E-state index is 12.1. The largest absolute Gasteiger partial charge is 0.335 e. The van der Waals surface area contributed by atoms with Gasteiger partial charge in [0.05, 0.1) is 11.4 Å². The van der Waals surface area contributed by atoms with E-state index in [9.17, 15) is 13.2 Å². The number of hydrogen-bond donors (Lipinski definition) is 1. The summed E-state index contributed by atoms with van der Waals surface area (Å²) in [5.74, 6) is -0.394. The Morgan fingerprint density at radius 3 is 2.95 bits per heavy atom. The Kier molecular flexibility index (Phi) is 3.14. The van der Waals surface area contributed by atoms with Crippen LogP contribution in [0.1, 0.15) is 12.1 Å². The molecule has 1 aliphatic rings. The Bertz CT molecular complexity index is 815. The fourth-order valence-corrected chi connectivity index (χ4v) is 3.42. The van der Waals surface area contributed by atoms with Crippen LogP contribution in [-0.2, 0) is 14.8 Å². The van der Waals surface area contributed by atoms with Crippen LogP contribution >= 0.6 is 0 Å². The zero-order valence-electron chi connectivity index (χ0n) is 11.2. The second kappa shape index (κ2) is 4.74. The van der Waals surface area contributed by atoms with Crippen LogP contribution < -0.4 is 10.0 Å². The first kappa shape index (κ1) is 13.9. The van der Waals surface area contributed by atoms with E-state index in [0.29, 0.717) is 22.6 Å². The van der Waals surface area contributed by atoms with Gasteiger partial charge in [-0.05, 0) is 6.92 Å². The van der Waals surface area contributed by atoms with Gasteiger partial charge < -0.3 is 4.52 Å². The molecule has 1 atom stereocenters. The van der Waals surface area contributed by atoms with Crippen molar-refractivity contribution in [3.63, 3.8) is 0 Å². The molecular formula is C11H13N5O4S. The van der Waals surface area contributed by atoms with Crippen LogP contribution in [-0.4, -0.2) is 41.7 Å². The molecule has 0 saturated carbocycles. The lowest BCUT2D eigenvalue weighted by Crippen LogP contribution is -2.28. The molecule has 9 nitrogen and oxygen atoms in total. The SMILES string of the molecule is Cc1noc2ncnc(N3CC(CS(N)(=O)=O)CC3=O)c12. The standard InChI is InChI=1S/C11H13N5O4S/c1-6-9-10(13-5-14-11(9)20-15-6)16-3-7(2-8(16)17)4-21(12,18)19/h5,7H,2-4H2,1H3,(H2,12,18,19). The number of aromatic nitrogens is 3. The smallest absolute Gasteiger partial charge is 0.263 e. The van der Waals surface area contributed by atoms with E-state index in [2.05, 4.69) is 15.1 Å². The van der Waals surface area contributed by atoms with Crippen LogP contribution in [0.2, 0.25) is 0 Å². The molecule has 1 unspecified atom stereocenters. The highest BCUT2D eigenvalue weighted by Crippen LogP contribution is 2.30. The highest BCUT2D eigenvalue weighted by Gasteiger charge is 2.35. The average Bonchev–Trinajstić information content (AvgIpc) is 2.91. The van der Waals surface area contributed by atoms with Gasteiger partial charge in [-0.15, -0.1) is 0 Å². The van der Waals surface area contributed by atoms with Crippen molar-refractivity contribution < 1.29 is 17.7 Å². The summed E-state index contributed by atoms with van der Waals surface area (Å²) in [6.45, 7) is 1.97. The van der Waals surface area contributed by atoms with Crippen LogP contribution in [0.3, 0.4) is 0 Å². The van der Waals surface area contributed by atoms with Crippen molar-refractivity contribution in [1.82, 2.24) is 15.1 Å². The van der Waals surface area contributed by atoms with Gasteiger partial charge in [-0.2, -0.15) is 4.98 Å². The van der Waals surface area contributed by atoms with Gasteiger partial charge in [-0.25, -0.2) is 18.5 Å². The summed E-state index contributed by atoms with van der Waals surface area (Å²) in [5.41, 5.74) is 0.864. The number of amides is 1. The zero-order chi connectivity index (χ0) is 15.2. The van der Waals surface area contributed by atoms with Gasteiger partial charge in [0.1, 0.15) is 11.7 Å². The number of sulfonamides is 1. The Hall–Kier alpha value is -2.07. The molecule has 0 spiro atoms. The minimum absolute atomic E-state index is 0.117. The van der Waals surface area contributed by atoms with Crippen molar-refractivity contribution in [3.8, 4) is 0 Å². The molecule has 0 aromatic carbocycles. The van der Waals surface area contributed by atoms with Crippen LogP contribution in [0.25, 0.3) is 11.1 Å². The fourth-order valence-electron chi connectivity index (χ4n) is 2.53. The second-order valence-corrected chi connectivity index (χ2v) is 6.71. The number of primary sulfonamides is 1. The molecule has 0 aliphatic carbocycles. The number of rotatable bonds is 3. The molecule has 0 radical (unpaired) electrons. The van der Waals surface area contributed by atoms with E-state index in [1.807, 2.05) is 0 Å². The molecule has 2 N–H and O–H groups in total. The maximum absolute atomic E-state index is 12.1. The average molecular weight is 311 g/mol. The summed E-state index contributed by atoms with van der Waals surface area (Å²) < 4.78 is 27.4. The van der Waals surface area contributed by atoms with Crippen molar-refractivity contribution in [1.29, 1.82) is 0 Å². The molecule has 1 saturated heterocycles. The van der Waals surface area contributed by atoms with Crippen LogP contribution in [0, 0.1) is 12.8 Å². The highest BCUT2D eigenvalue weighted by atomic mass is 32.2. The number of nitrogens with zero attached hydrogens (tertiary/aromatic N) is 4. The molecule has 3 heterocycles. The number of hydrogen-bond acceptors (Lipinski definition) is 7. The van der Waals surface area contributed by atoms with Crippen LogP contribution in [0.5, 0.6) is 0 Å². The molecule has 3 rings (SSSR count). The number of aryl methyl sites for hydroxylation is 1. The molecule has 0 bridgehead atoms. The van der Waals surface area contributed by atoms with E-state index in [1.165, 1.54) is 11.2 Å². The summed E-state index contributed by atoms with van der Waals surface area (Å²) in [5, 5.41) is 9.39. The van der Waals surface area contributed by atoms with E-state index < -0.39 is 10.0 Å². The first-order valence-electron chi connectivity index (χ1n) is 6.23. The van der Waals surface area contributed by atoms with Crippen molar-refractivity contribution in [2.75, 3.05) is 17.2 Å². The van der Waals surface area contributed by atoms with Crippen LogP contribution in [0.4, 0.5) is 5.82 Å². The summed E-state index contributed by atoms with van der Waals surface area (Å²) in [6.07, 6.45) is 1.40. The number of carbonyl (C=O) groups excluding carboxylic acids is 1. The number of anilines is 1. The van der Waals surface area contributed by atoms with Gasteiger partial charge >= 0.3 is 0 Å². The van der Waals surface area contributed by atoms with Crippen molar-refractivity contribution >= 4 is 32.8 Å². The van der Waals surface area contributed by atoms with E-state index in [0.717, 1.165) is 0 Å². The summed E-state index contributed by atoms with van der Waals surface area (Å²) in [7, 11) is -3.62. The topological polar surface area (TPSA) is 132 Å². The third-order valence-corrected chi connectivity index (χ3v) is 4.29. The minimum Gasteiger partial charge on any atom is -0.335 e. The monoisotopic (exact) mass is 311 g/mol. The normalized spacial score (nSPS) is 19.6. The predicted octanol–water partition coefficient (Wildman–Crippen LogP) is -0.432. The Labute approximate surface area is 120 Å². The number of carbonyl (C=O) groups is 1. The lowest BCUT2D eigenvalue weighted by molar-refractivity contribution is -0.117. The van der Waals surface area contributed by atoms with Gasteiger partial charge in [0, 0.05) is 18.9 Å². The van der Waals surface area contributed by atoms with E-state index >= 15 is 0 Å². The molecular weight excluding hydrogens is 298 g/mol. The van der Waals surface area contributed by atoms with Crippen molar-refractivity contribution in [2.24, 2.45) is 11.1 Å². The van der Waals surface area contributed by atoms with Crippen molar-refractivity contribution in [2.45, 2.75) is 13.3 Å². The van der Waals surface area contributed by atoms with E-state index in [4.69, 9.17) is 9.66 Å². The molecule has 1 fully saturated rings. The highest BCUT2D eigenvalue weighted by molar-refractivity contribution is 7.89. The quantitative estimate of drug-likeness (QED) is 0.813. The first-order chi connectivity index (χ1) is 9.85. The maximum Gasteiger partial charge on any atom is 0.263 e. The Balaban J connectivity index is 1.96. The molecule has 2 aromatic heterocycles. The van der Waals surface area contributed by atoms with Gasteiger partial charge in [0.15, 0.2) is 5.82 Å². The number of fused-ring (bicyclic) bond motifs is 1. The first-order valence-corrected chi connectivity index (χ1v) is 7.94. The Morgan fingerprint density at radius 1 is 1.48 bits per heavy atom. The van der Waals surface area contributed by atoms with Crippen molar-refractivity contribution in [3.05, 3.63) is 12.0 Å². The second-order valence-electron chi connectivity index (χ2n) is 5.05. The lowest BCUT2D eigenvalue weighted by Gasteiger charge is -2.15. The molecule has 1 aliphatic heterocycles. The third-order valence-electron chi connectivity index (χ3n) is 3.35. The van der Waals surface area contributed by atoms with Gasteiger partial charge in [0.25, 0.3) is 5.71 Å². The zero-order valence-corrected chi connectivity index (χ0v) is 12.0. The van der Waals surface area contributed by atoms with Gasteiger partial charge in [-0.3, -0.25) is 9.69 Å². The molecule has 10 heteroatoms. The molecule has 1 amide bonds. The minimum atomic E-state index is -3.62. The predicted molar refractivity (Wildman–Crippen MR) is 72.8 cm³/mol. The summed E-state index contributed by atoms with van der Waals surface area (Å²) in [6, 6.07) is 0. The molecule has 21 heavy (non-hydrogen) atoms. The molecule has 112 valence electrons. The van der Waals surface area contributed by atoms with E-state index in [-0.39, 0.29) is 30.5 Å².